The van der Waals surface area contributed by atoms with Gasteiger partial charge in [0.15, 0.2) is 0 Å². The van der Waals surface area contributed by atoms with Gasteiger partial charge < -0.3 is 10.1 Å². The molecule has 0 atom stereocenters. The van der Waals surface area contributed by atoms with E-state index in [-0.39, 0.29) is 5.82 Å². The predicted molar refractivity (Wildman–Crippen MR) is 49.5 cm³/mol. The van der Waals surface area contributed by atoms with Gasteiger partial charge in [-0.2, -0.15) is 4.40 Å². The summed E-state index contributed by atoms with van der Waals surface area (Å²) in [5.74, 6) is -0.0255. The first-order valence-electron chi connectivity index (χ1n) is 3.45. The van der Waals surface area contributed by atoms with Crippen molar-refractivity contribution in [1.29, 1.82) is 0 Å². The van der Waals surface area contributed by atoms with Crippen LogP contribution in [0.4, 0.5) is 5.82 Å². The first-order valence-corrected chi connectivity index (χ1v) is 4.25. The van der Waals surface area contributed by atoms with E-state index in [0.29, 0.717) is 5.65 Å². The van der Waals surface area contributed by atoms with Crippen molar-refractivity contribution in [1.82, 2.24) is 9.38 Å². The molecule has 2 rings (SSSR count). The van der Waals surface area contributed by atoms with Gasteiger partial charge in [-0.3, -0.25) is 0 Å². The summed E-state index contributed by atoms with van der Waals surface area (Å²) in [5.41, 5.74) is 0.557. The lowest BCUT2D eigenvalue weighted by Crippen LogP contribution is -1.92. The monoisotopic (exact) mass is 241 g/mol. The zero-order valence-corrected chi connectivity index (χ0v) is 7.93. The molecule has 0 N–H and O–H groups in total. The molecule has 13 heavy (non-hydrogen) atoms. The van der Waals surface area contributed by atoms with Gasteiger partial charge in [0.25, 0.3) is 0 Å². The van der Waals surface area contributed by atoms with Gasteiger partial charge in [-0.25, -0.2) is 4.98 Å². The smallest absolute Gasteiger partial charge is 0.347 e. The van der Waals surface area contributed by atoms with Gasteiger partial charge in [-0.05, 0) is 11.0 Å². The summed E-state index contributed by atoms with van der Waals surface area (Å²) in [6.07, 6.45) is 2.84. The van der Waals surface area contributed by atoms with E-state index in [0.717, 1.165) is 4.47 Å². The second-order valence-corrected chi connectivity index (χ2v) is 3.36. The summed E-state index contributed by atoms with van der Waals surface area (Å²) in [4.78, 5) is 13.9. The highest BCUT2D eigenvalue weighted by Gasteiger charge is 2.12. The average Bonchev–Trinajstić information content (AvgIpc) is 2.46. The fourth-order valence-corrected chi connectivity index (χ4v) is 1.40. The minimum Gasteiger partial charge on any atom is -0.358 e. The molecule has 2 aromatic rings. The zero-order valence-electron chi connectivity index (χ0n) is 6.35. The van der Waals surface area contributed by atoms with Crippen LogP contribution in [0, 0.1) is 10.1 Å². The van der Waals surface area contributed by atoms with Crippen molar-refractivity contribution < 1.29 is 4.92 Å². The molecule has 5 nitrogen and oxygen atoms in total. The Morgan fingerprint density at radius 1 is 1.62 bits per heavy atom. The maximum absolute atomic E-state index is 10.5. The van der Waals surface area contributed by atoms with Gasteiger partial charge in [0.1, 0.15) is 6.20 Å². The maximum Gasteiger partial charge on any atom is 0.347 e. The van der Waals surface area contributed by atoms with E-state index in [2.05, 4.69) is 20.9 Å². The maximum atomic E-state index is 10.5. The molecule has 0 aliphatic rings. The van der Waals surface area contributed by atoms with Crippen molar-refractivity contribution in [3.8, 4) is 0 Å². The molecule has 0 bridgehead atoms. The van der Waals surface area contributed by atoms with Crippen LogP contribution in [0.1, 0.15) is 0 Å². The normalized spacial score (nSPS) is 10.5. The molecule has 0 aromatic carbocycles. The van der Waals surface area contributed by atoms with Crippen LogP contribution in [0.3, 0.4) is 0 Å². The standard InChI is InChI=1S/C7H4BrN3O2/c8-5-1-2-10-6(3-5)9-4-7(10)11(12)13/h1-4H. The van der Waals surface area contributed by atoms with Gasteiger partial charge >= 0.3 is 5.82 Å². The number of pyridine rings is 1. The van der Waals surface area contributed by atoms with Crippen LogP contribution in [0.15, 0.2) is 29.0 Å². The van der Waals surface area contributed by atoms with Crippen molar-refractivity contribution >= 4 is 27.4 Å². The number of nitro groups is 1. The fraction of sp³-hybridized carbons (Fsp3) is 0. The lowest BCUT2D eigenvalue weighted by atomic mass is 10.5. The molecule has 0 spiro atoms. The highest BCUT2D eigenvalue weighted by molar-refractivity contribution is 9.10. The zero-order chi connectivity index (χ0) is 9.42. The Bertz CT molecular complexity index is 480. The Morgan fingerprint density at radius 2 is 2.38 bits per heavy atom. The number of hydrogen-bond acceptors (Lipinski definition) is 3. The second-order valence-electron chi connectivity index (χ2n) is 2.45. The van der Waals surface area contributed by atoms with Crippen molar-refractivity contribution in [2.24, 2.45) is 0 Å². The summed E-state index contributed by atoms with van der Waals surface area (Å²) in [6.45, 7) is 0. The van der Waals surface area contributed by atoms with Gasteiger partial charge in [-0.1, -0.05) is 15.9 Å². The highest BCUT2D eigenvalue weighted by Crippen LogP contribution is 2.17. The molecule has 0 saturated carbocycles. The summed E-state index contributed by atoms with van der Waals surface area (Å²) in [6, 6.07) is 3.44. The van der Waals surface area contributed by atoms with Crippen LogP contribution in [0.5, 0.6) is 0 Å². The van der Waals surface area contributed by atoms with Gasteiger partial charge in [0.05, 0.1) is 6.20 Å². The van der Waals surface area contributed by atoms with E-state index >= 15 is 0 Å². The van der Waals surface area contributed by atoms with E-state index in [1.165, 1.54) is 10.6 Å². The van der Waals surface area contributed by atoms with Gasteiger partial charge in [-0.15, -0.1) is 0 Å². The third-order valence-corrected chi connectivity index (χ3v) is 2.14. The third kappa shape index (κ3) is 1.29. The Kier molecular flexibility index (Phi) is 1.77. The fourth-order valence-electron chi connectivity index (χ4n) is 1.08. The van der Waals surface area contributed by atoms with Crippen LogP contribution in [-0.4, -0.2) is 14.3 Å². The lowest BCUT2D eigenvalue weighted by Gasteiger charge is -1.92. The van der Waals surface area contributed by atoms with Crippen LogP contribution < -0.4 is 0 Å². The predicted octanol–water partition coefficient (Wildman–Crippen LogP) is 2.00. The molecule has 2 aromatic heterocycles. The van der Waals surface area contributed by atoms with Crippen molar-refractivity contribution in [2.75, 3.05) is 0 Å². The Labute approximate surface area is 81.3 Å². The number of hydrogen-bond donors (Lipinski definition) is 0. The van der Waals surface area contributed by atoms with Crippen molar-refractivity contribution in [3.63, 3.8) is 0 Å². The second kappa shape index (κ2) is 2.81. The minimum absolute atomic E-state index is 0.0255. The molecule has 0 aliphatic carbocycles. The number of nitrogens with zero attached hydrogens (tertiary/aromatic N) is 3. The number of rotatable bonds is 1. The van der Waals surface area contributed by atoms with Crippen LogP contribution >= 0.6 is 15.9 Å². The van der Waals surface area contributed by atoms with Crippen LogP contribution in [0.2, 0.25) is 0 Å². The van der Waals surface area contributed by atoms with E-state index < -0.39 is 4.92 Å². The van der Waals surface area contributed by atoms with Crippen molar-refractivity contribution in [3.05, 3.63) is 39.1 Å². The molecular formula is C7H4BrN3O2. The topological polar surface area (TPSA) is 60.4 Å². The Hall–Kier alpha value is -1.43. The summed E-state index contributed by atoms with van der Waals surface area (Å²) >= 11 is 3.26. The molecule has 0 saturated heterocycles. The molecule has 66 valence electrons. The number of imidazole rings is 1. The Balaban J connectivity index is 2.76. The quantitative estimate of drug-likeness (QED) is 0.567. The summed E-state index contributed by atoms with van der Waals surface area (Å²) in [5, 5.41) is 10.5. The number of halogens is 1. The largest absolute Gasteiger partial charge is 0.358 e. The van der Waals surface area contributed by atoms with E-state index in [4.69, 9.17) is 0 Å². The first kappa shape index (κ1) is 8.18. The first-order chi connectivity index (χ1) is 6.18. The average molecular weight is 242 g/mol. The number of aromatic nitrogens is 2. The molecule has 6 heteroatoms. The minimum atomic E-state index is -0.464. The molecule has 0 fully saturated rings. The van der Waals surface area contributed by atoms with Gasteiger partial charge in [0.2, 0.25) is 5.65 Å². The van der Waals surface area contributed by atoms with E-state index in [1.54, 1.807) is 18.3 Å². The highest BCUT2D eigenvalue weighted by atomic mass is 79.9. The summed E-state index contributed by atoms with van der Waals surface area (Å²) in [7, 11) is 0. The summed E-state index contributed by atoms with van der Waals surface area (Å²) < 4.78 is 2.27. The molecule has 2 heterocycles. The molecule has 0 aliphatic heterocycles. The van der Waals surface area contributed by atoms with Crippen LogP contribution in [0.25, 0.3) is 5.65 Å². The molecular weight excluding hydrogens is 238 g/mol. The molecule has 0 radical (unpaired) electrons. The van der Waals surface area contributed by atoms with Crippen LogP contribution in [-0.2, 0) is 0 Å². The number of fused-ring (bicyclic) bond motifs is 1. The van der Waals surface area contributed by atoms with Crippen molar-refractivity contribution in [2.45, 2.75) is 0 Å². The van der Waals surface area contributed by atoms with E-state index in [9.17, 15) is 10.1 Å². The third-order valence-electron chi connectivity index (χ3n) is 1.64. The Morgan fingerprint density at radius 3 is 3.08 bits per heavy atom. The lowest BCUT2D eigenvalue weighted by molar-refractivity contribution is -0.390. The molecule has 0 amide bonds. The SMILES string of the molecule is O=[N+]([O-])c1cnc2cc(Br)ccn12. The van der Waals surface area contributed by atoms with E-state index in [1.807, 2.05) is 0 Å². The molecule has 0 unspecified atom stereocenters. The van der Waals surface area contributed by atoms with Gasteiger partial charge in [0, 0.05) is 10.5 Å².